The van der Waals surface area contributed by atoms with Gasteiger partial charge in [0.15, 0.2) is 11.4 Å². The van der Waals surface area contributed by atoms with E-state index in [0.717, 1.165) is 28.0 Å². The average molecular weight is 359 g/mol. The molecule has 5 nitrogen and oxygen atoms in total. The van der Waals surface area contributed by atoms with Crippen molar-refractivity contribution < 1.29 is 9.53 Å². The normalized spacial score (nSPS) is 11.9. The predicted octanol–water partition coefficient (Wildman–Crippen LogP) is 4.74. The Labute approximate surface area is 158 Å². The third kappa shape index (κ3) is 3.87. The maximum Gasteiger partial charge on any atom is 0.178 e. The molecule has 0 radical (unpaired) electrons. The van der Waals surface area contributed by atoms with Crippen molar-refractivity contribution in [2.24, 2.45) is 0 Å². The van der Waals surface area contributed by atoms with Crippen molar-refractivity contribution >= 4 is 22.5 Å². The standard InChI is InChI=1S/C22H21N3O2/c1-5-16(7-6-14(2)15(3)26)21-24-20-19(12-13-23-22(20)25-21)17-8-10-18(27-4)11-9-17/h5-13H,2H2,1,3-4H3,(H,23,24,25)/b7-6-,16-5+. The lowest BCUT2D eigenvalue weighted by Gasteiger charge is -2.04. The van der Waals surface area contributed by atoms with Crippen LogP contribution >= 0.6 is 0 Å². The van der Waals surface area contributed by atoms with E-state index in [1.54, 1.807) is 19.4 Å². The van der Waals surface area contributed by atoms with Gasteiger partial charge in [-0.1, -0.05) is 36.9 Å². The number of rotatable bonds is 6. The molecule has 2 heterocycles. The number of nitrogens with one attached hydrogen (secondary N) is 1. The molecular weight excluding hydrogens is 338 g/mol. The van der Waals surface area contributed by atoms with Crippen molar-refractivity contribution in [3.63, 3.8) is 0 Å². The van der Waals surface area contributed by atoms with Crippen molar-refractivity contribution in [2.75, 3.05) is 7.11 Å². The average Bonchev–Trinajstić information content (AvgIpc) is 3.12. The Morgan fingerprint density at radius 1 is 1.19 bits per heavy atom. The van der Waals surface area contributed by atoms with Crippen LogP contribution in [0.3, 0.4) is 0 Å². The predicted molar refractivity (Wildman–Crippen MR) is 108 cm³/mol. The summed E-state index contributed by atoms with van der Waals surface area (Å²) < 4.78 is 5.23. The van der Waals surface area contributed by atoms with E-state index in [-0.39, 0.29) is 5.78 Å². The molecule has 0 aliphatic rings. The number of carbonyl (C=O) groups is 1. The van der Waals surface area contributed by atoms with E-state index in [2.05, 4.69) is 21.5 Å². The van der Waals surface area contributed by atoms with E-state index < -0.39 is 0 Å². The zero-order valence-corrected chi connectivity index (χ0v) is 15.6. The van der Waals surface area contributed by atoms with E-state index in [1.807, 2.05) is 49.4 Å². The van der Waals surface area contributed by atoms with E-state index in [1.165, 1.54) is 6.92 Å². The fourth-order valence-corrected chi connectivity index (χ4v) is 2.68. The second-order valence-corrected chi connectivity index (χ2v) is 6.03. The minimum atomic E-state index is -0.0604. The highest BCUT2D eigenvalue weighted by Crippen LogP contribution is 2.29. The van der Waals surface area contributed by atoms with E-state index >= 15 is 0 Å². The zero-order chi connectivity index (χ0) is 19.4. The Morgan fingerprint density at radius 3 is 2.56 bits per heavy atom. The third-order valence-corrected chi connectivity index (χ3v) is 4.29. The number of aromatic amines is 1. The van der Waals surface area contributed by atoms with Gasteiger partial charge in [-0.3, -0.25) is 4.79 Å². The van der Waals surface area contributed by atoms with Gasteiger partial charge in [0, 0.05) is 22.9 Å². The van der Waals surface area contributed by atoms with E-state index in [0.29, 0.717) is 17.0 Å². The number of fused-ring (bicyclic) bond motifs is 1. The van der Waals surface area contributed by atoms with Crippen molar-refractivity contribution in [1.82, 2.24) is 15.0 Å². The summed E-state index contributed by atoms with van der Waals surface area (Å²) in [5.74, 6) is 1.43. The number of carbonyl (C=O) groups excluding carboxylic acids is 1. The molecule has 3 aromatic rings. The Bertz CT molecular complexity index is 1060. The molecule has 1 N–H and O–H groups in total. The highest BCUT2D eigenvalue weighted by molar-refractivity contribution is 5.96. The van der Waals surface area contributed by atoms with Crippen LogP contribution in [-0.4, -0.2) is 27.8 Å². The Kier molecular flexibility index (Phi) is 5.31. The smallest absolute Gasteiger partial charge is 0.178 e. The summed E-state index contributed by atoms with van der Waals surface area (Å²) in [6.45, 7) is 7.16. The Balaban J connectivity index is 2.02. The second kappa shape index (κ2) is 7.83. The van der Waals surface area contributed by atoms with Gasteiger partial charge < -0.3 is 9.72 Å². The molecule has 3 rings (SSSR count). The molecule has 0 saturated heterocycles. The van der Waals surface area contributed by atoms with Gasteiger partial charge in [0.25, 0.3) is 0 Å². The first-order chi connectivity index (χ1) is 13.0. The summed E-state index contributed by atoms with van der Waals surface area (Å²) in [5.41, 5.74) is 4.85. The molecule has 0 amide bonds. The van der Waals surface area contributed by atoms with Crippen LogP contribution in [0.5, 0.6) is 5.75 Å². The lowest BCUT2D eigenvalue weighted by atomic mass is 10.1. The van der Waals surface area contributed by atoms with E-state index in [4.69, 9.17) is 4.74 Å². The number of H-pyrrole nitrogens is 1. The lowest BCUT2D eigenvalue weighted by molar-refractivity contribution is -0.113. The number of imidazole rings is 1. The number of hydrogen-bond acceptors (Lipinski definition) is 4. The zero-order valence-electron chi connectivity index (χ0n) is 15.6. The number of allylic oxidation sites excluding steroid dienone is 5. The lowest BCUT2D eigenvalue weighted by Crippen LogP contribution is -1.91. The molecule has 27 heavy (non-hydrogen) atoms. The first-order valence-corrected chi connectivity index (χ1v) is 8.57. The number of hydrogen-bond donors (Lipinski definition) is 1. The van der Waals surface area contributed by atoms with Gasteiger partial charge in [-0.25, -0.2) is 9.97 Å². The minimum Gasteiger partial charge on any atom is -0.497 e. The number of aromatic nitrogens is 3. The molecule has 0 saturated carbocycles. The van der Waals surface area contributed by atoms with Crippen LogP contribution in [0.4, 0.5) is 0 Å². The number of Topliss-reactive ketones (excluding diaryl/α,β-unsaturated/α-hetero) is 1. The Hall–Kier alpha value is -3.47. The number of pyridine rings is 1. The monoisotopic (exact) mass is 359 g/mol. The van der Waals surface area contributed by atoms with Crippen molar-refractivity contribution in [3.05, 3.63) is 72.7 Å². The number of ketones is 1. The van der Waals surface area contributed by atoms with Crippen LogP contribution < -0.4 is 4.74 Å². The van der Waals surface area contributed by atoms with Crippen molar-refractivity contribution in [1.29, 1.82) is 0 Å². The summed E-state index contributed by atoms with van der Waals surface area (Å²) in [6, 6.07) is 9.80. The van der Waals surface area contributed by atoms with Gasteiger partial charge in [0.05, 0.1) is 12.6 Å². The van der Waals surface area contributed by atoms with E-state index in [9.17, 15) is 4.79 Å². The number of methoxy groups -OCH3 is 1. The molecule has 136 valence electrons. The molecule has 1 aromatic carbocycles. The van der Waals surface area contributed by atoms with Gasteiger partial charge >= 0.3 is 0 Å². The summed E-state index contributed by atoms with van der Waals surface area (Å²) >= 11 is 0. The molecule has 0 unspecified atom stereocenters. The van der Waals surface area contributed by atoms with Crippen LogP contribution in [0.15, 0.2) is 66.9 Å². The SMILES string of the molecule is C=C(/C=C\C(=C/C)c1nc2nccc(-c3ccc(OC)cc3)c2[nH]1)C(C)=O. The Morgan fingerprint density at radius 2 is 1.93 bits per heavy atom. The second-order valence-electron chi connectivity index (χ2n) is 6.03. The molecule has 0 bridgehead atoms. The fraction of sp³-hybridized carbons (Fsp3) is 0.136. The third-order valence-electron chi connectivity index (χ3n) is 4.29. The summed E-state index contributed by atoms with van der Waals surface area (Å²) in [5, 5.41) is 0. The fourth-order valence-electron chi connectivity index (χ4n) is 2.68. The quantitative estimate of drug-likeness (QED) is 0.510. The summed E-state index contributed by atoms with van der Waals surface area (Å²) in [7, 11) is 1.65. The highest BCUT2D eigenvalue weighted by atomic mass is 16.5. The van der Waals surface area contributed by atoms with Gasteiger partial charge in [-0.15, -0.1) is 0 Å². The largest absolute Gasteiger partial charge is 0.497 e. The molecule has 0 fully saturated rings. The molecule has 0 aliphatic heterocycles. The van der Waals surface area contributed by atoms with Gasteiger partial charge in [0.1, 0.15) is 11.6 Å². The number of nitrogens with zero attached hydrogens (tertiary/aromatic N) is 2. The topological polar surface area (TPSA) is 67.9 Å². The number of benzene rings is 1. The molecular formula is C22H21N3O2. The molecule has 0 atom stereocenters. The van der Waals surface area contributed by atoms with Crippen molar-refractivity contribution in [2.45, 2.75) is 13.8 Å². The first-order valence-electron chi connectivity index (χ1n) is 8.57. The molecule has 0 spiro atoms. The van der Waals surface area contributed by atoms with Crippen LogP contribution in [-0.2, 0) is 4.79 Å². The first kappa shape index (κ1) is 18.3. The highest BCUT2D eigenvalue weighted by Gasteiger charge is 2.11. The van der Waals surface area contributed by atoms with Crippen LogP contribution in [0.25, 0.3) is 27.9 Å². The number of ether oxygens (including phenoxy) is 1. The molecule has 2 aromatic heterocycles. The van der Waals surface area contributed by atoms with Gasteiger partial charge in [-0.2, -0.15) is 0 Å². The minimum absolute atomic E-state index is 0.0604. The summed E-state index contributed by atoms with van der Waals surface area (Å²) in [6.07, 6.45) is 7.20. The van der Waals surface area contributed by atoms with Gasteiger partial charge in [0.2, 0.25) is 0 Å². The summed E-state index contributed by atoms with van der Waals surface area (Å²) in [4.78, 5) is 23.7. The van der Waals surface area contributed by atoms with Crippen LogP contribution in [0.2, 0.25) is 0 Å². The van der Waals surface area contributed by atoms with Crippen molar-refractivity contribution in [3.8, 4) is 16.9 Å². The molecule has 5 heteroatoms. The van der Waals surface area contributed by atoms with Crippen LogP contribution in [0, 0.1) is 0 Å². The molecule has 0 aliphatic carbocycles. The van der Waals surface area contributed by atoms with Crippen LogP contribution in [0.1, 0.15) is 19.7 Å². The van der Waals surface area contributed by atoms with Gasteiger partial charge in [-0.05, 0) is 37.6 Å². The maximum absolute atomic E-state index is 11.4. The maximum atomic E-state index is 11.4.